The Kier molecular flexibility index (Phi) is 5.78. The van der Waals surface area contributed by atoms with Crippen LogP contribution in [0.25, 0.3) is 0 Å². The highest BCUT2D eigenvalue weighted by Gasteiger charge is 2.34. The molecule has 0 fully saturated rings. The van der Waals surface area contributed by atoms with Crippen LogP contribution >= 0.6 is 11.8 Å². The average Bonchev–Trinajstić information content (AvgIpc) is 2.68. The average molecular weight is 366 g/mol. The quantitative estimate of drug-likeness (QED) is 0.729. The van der Waals surface area contributed by atoms with Crippen molar-refractivity contribution in [2.45, 2.75) is 19.9 Å². The number of anilines is 1. The number of amidine groups is 1. The first-order valence-electron chi connectivity index (χ1n) is 8.57. The summed E-state index contributed by atoms with van der Waals surface area (Å²) in [6.45, 7) is 4.11. The van der Waals surface area contributed by atoms with Crippen molar-refractivity contribution >= 4 is 28.6 Å². The molecular weight excluding hydrogens is 344 g/mol. The lowest BCUT2D eigenvalue weighted by atomic mass is 9.96. The first kappa shape index (κ1) is 18.3. The van der Waals surface area contributed by atoms with Gasteiger partial charge in [-0.15, -0.1) is 0 Å². The maximum atomic E-state index is 12.8. The first-order chi connectivity index (χ1) is 12.7. The number of nitrogens with zero attached hydrogens (tertiary/aromatic N) is 2. The van der Waals surface area contributed by atoms with E-state index in [0.29, 0.717) is 12.2 Å². The Morgan fingerprint density at radius 1 is 1.12 bits per heavy atom. The fraction of sp³-hybridized carbons (Fsp3) is 0.238. The molecule has 134 valence electrons. The van der Waals surface area contributed by atoms with Crippen molar-refractivity contribution in [2.75, 3.05) is 17.8 Å². The summed E-state index contributed by atoms with van der Waals surface area (Å²) in [6, 6.07) is 19.5. The normalized spacial score (nSPS) is 17.1. The highest BCUT2D eigenvalue weighted by molar-refractivity contribution is 8.13. The van der Waals surface area contributed by atoms with E-state index in [1.165, 1.54) is 0 Å². The zero-order chi connectivity index (χ0) is 18.5. The number of thioether (sulfide) groups is 1. The van der Waals surface area contributed by atoms with Crippen LogP contribution in [0, 0.1) is 0 Å². The second kappa shape index (κ2) is 8.23. The van der Waals surface area contributed by atoms with E-state index in [9.17, 15) is 4.79 Å². The van der Waals surface area contributed by atoms with Gasteiger partial charge in [-0.3, -0.25) is 4.90 Å². The molecule has 0 aliphatic carbocycles. The molecule has 2 aromatic rings. The Morgan fingerprint density at radius 3 is 2.31 bits per heavy atom. The zero-order valence-corrected chi connectivity index (χ0v) is 16.0. The van der Waals surface area contributed by atoms with Gasteiger partial charge in [0.05, 0.1) is 12.2 Å². The lowest BCUT2D eigenvalue weighted by Crippen LogP contribution is -2.35. The zero-order valence-electron chi connectivity index (χ0n) is 15.2. The third kappa shape index (κ3) is 3.53. The van der Waals surface area contributed by atoms with E-state index in [1.54, 1.807) is 11.8 Å². The minimum absolute atomic E-state index is 0.316. The van der Waals surface area contributed by atoms with Crippen LogP contribution < -0.4 is 4.90 Å². The third-order valence-electron chi connectivity index (χ3n) is 4.24. The van der Waals surface area contributed by atoms with Gasteiger partial charge < -0.3 is 4.74 Å². The van der Waals surface area contributed by atoms with Crippen LogP contribution in [0.15, 0.2) is 76.9 Å². The topological polar surface area (TPSA) is 41.9 Å². The minimum atomic E-state index is -0.363. The van der Waals surface area contributed by atoms with Gasteiger partial charge in [-0.2, -0.15) is 0 Å². The summed E-state index contributed by atoms with van der Waals surface area (Å²) in [5.74, 6) is -0.316. The van der Waals surface area contributed by atoms with Crippen LogP contribution in [0.1, 0.15) is 25.5 Å². The summed E-state index contributed by atoms with van der Waals surface area (Å²) >= 11 is 1.57. The van der Waals surface area contributed by atoms with Crippen molar-refractivity contribution in [3.8, 4) is 0 Å². The smallest absolute Gasteiger partial charge is 0.338 e. The number of rotatable bonds is 4. The Hall–Kier alpha value is -2.53. The van der Waals surface area contributed by atoms with Crippen LogP contribution in [0.4, 0.5) is 5.69 Å². The van der Waals surface area contributed by atoms with Crippen LogP contribution in [-0.4, -0.2) is 24.0 Å². The number of para-hydroxylation sites is 1. The molecule has 26 heavy (non-hydrogen) atoms. The third-order valence-corrected chi connectivity index (χ3v) is 4.89. The van der Waals surface area contributed by atoms with Gasteiger partial charge in [0.1, 0.15) is 6.04 Å². The van der Waals surface area contributed by atoms with Gasteiger partial charge >= 0.3 is 5.97 Å². The van der Waals surface area contributed by atoms with Gasteiger partial charge in [0, 0.05) is 11.4 Å². The number of hydrogen-bond acceptors (Lipinski definition) is 5. The highest BCUT2D eigenvalue weighted by Crippen LogP contribution is 2.38. The summed E-state index contributed by atoms with van der Waals surface area (Å²) in [6.07, 6.45) is 2.00. The van der Waals surface area contributed by atoms with Crippen molar-refractivity contribution in [1.29, 1.82) is 0 Å². The van der Waals surface area contributed by atoms with Gasteiger partial charge in [-0.1, -0.05) is 60.3 Å². The molecule has 0 amide bonds. The van der Waals surface area contributed by atoms with Crippen molar-refractivity contribution in [3.63, 3.8) is 0 Å². The molecule has 0 N–H and O–H groups in total. The van der Waals surface area contributed by atoms with Gasteiger partial charge in [0.25, 0.3) is 0 Å². The fourth-order valence-electron chi connectivity index (χ4n) is 3.06. The van der Waals surface area contributed by atoms with Crippen LogP contribution in [0.3, 0.4) is 0 Å². The molecule has 0 spiro atoms. The maximum Gasteiger partial charge on any atom is 0.338 e. The maximum absolute atomic E-state index is 12.8. The number of carbonyl (C=O) groups excluding carboxylic acids is 1. The van der Waals surface area contributed by atoms with Crippen molar-refractivity contribution in [3.05, 3.63) is 77.5 Å². The lowest BCUT2D eigenvalue weighted by molar-refractivity contribution is -0.138. The minimum Gasteiger partial charge on any atom is -0.463 e. The van der Waals surface area contributed by atoms with Crippen molar-refractivity contribution < 1.29 is 9.53 Å². The van der Waals surface area contributed by atoms with Gasteiger partial charge in [-0.25, -0.2) is 9.79 Å². The Labute approximate surface area is 158 Å². The van der Waals surface area contributed by atoms with E-state index in [0.717, 1.165) is 22.1 Å². The first-order valence-corrected chi connectivity index (χ1v) is 9.79. The highest BCUT2D eigenvalue weighted by atomic mass is 32.2. The lowest BCUT2D eigenvalue weighted by Gasteiger charge is -2.34. The van der Waals surface area contributed by atoms with E-state index < -0.39 is 0 Å². The molecule has 0 unspecified atom stereocenters. The van der Waals surface area contributed by atoms with E-state index in [2.05, 4.69) is 0 Å². The SMILES string of the molecule is CCOC(=O)C1=C(C)N(c2ccccc2)C(SC)=N[C@H]1c1ccccc1. The van der Waals surface area contributed by atoms with E-state index in [4.69, 9.17) is 9.73 Å². The summed E-state index contributed by atoms with van der Waals surface area (Å²) in [5.41, 5.74) is 3.39. The van der Waals surface area contributed by atoms with Gasteiger partial charge in [0.2, 0.25) is 0 Å². The monoisotopic (exact) mass is 366 g/mol. The van der Waals surface area contributed by atoms with Crippen molar-refractivity contribution in [2.24, 2.45) is 4.99 Å². The Balaban J connectivity index is 2.16. The van der Waals surface area contributed by atoms with E-state index >= 15 is 0 Å². The Bertz CT molecular complexity index is 832. The van der Waals surface area contributed by atoms with Gasteiger partial charge in [0.15, 0.2) is 5.17 Å². The predicted molar refractivity (Wildman–Crippen MR) is 108 cm³/mol. The summed E-state index contributed by atoms with van der Waals surface area (Å²) < 4.78 is 5.36. The van der Waals surface area contributed by atoms with E-state index in [1.807, 2.05) is 85.7 Å². The molecule has 0 radical (unpaired) electrons. The standard InChI is InChI=1S/C21H22N2O2S/c1-4-25-20(24)18-15(2)23(17-13-9-6-10-14-17)21(26-3)22-19(18)16-11-7-5-8-12-16/h5-14,19H,4H2,1-3H3/t19-/m0/s1. The molecular formula is C21H22N2O2S. The molecule has 1 aliphatic rings. The van der Waals surface area contributed by atoms with Crippen molar-refractivity contribution in [1.82, 2.24) is 0 Å². The van der Waals surface area contributed by atoms with E-state index in [-0.39, 0.29) is 12.0 Å². The second-order valence-corrected chi connectivity index (χ2v) is 6.59. The van der Waals surface area contributed by atoms with Crippen LogP contribution in [0.2, 0.25) is 0 Å². The number of allylic oxidation sites excluding steroid dienone is 1. The number of benzene rings is 2. The molecule has 3 rings (SSSR count). The van der Waals surface area contributed by atoms with Gasteiger partial charge in [-0.05, 0) is 37.8 Å². The van der Waals surface area contributed by atoms with Crippen LogP contribution in [0.5, 0.6) is 0 Å². The predicted octanol–water partition coefficient (Wildman–Crippen LogP) is 4.80. The van der Waals surface area contributed by atoms with Crippen LogP contribution in [-0.2, 0) is 9.53 Å². The molecule has 0 saturated heterocycles. The molecule has 1 aliphatic heterocycles. The largest absolute Gasteiger partial charge is 0.463 e. The molecule has 5 heteroatoms. The number of ether oxygens (including phenoxy) is 1. The molecule has 1 atom stereocenters. The molecule has 2 aromatic carbocycles. The molecule has 0 aromatic heterocycles. The Morgan fingerprint density at radius 2 is 1.73 bits per heavy atom. The summed E-state index contributed by atoms with van der Waals surface area (Å²) in [4.78, 5) is 19.7. The molecule has 0 saturated carbocycles. The molecule has 1 heterocycles. The molecule has 4 nitrogen and oxygen atoms in total. The number of hydrogen-bond donors (Lipinski definition) is 0. The second-order valence-electron chi connectivity index (χ2n) is 5.82. The number of aliphatic imine (C=N–C) groups is 1. The number of carbonyl (C=O) groups is 1. The fourth-order valence-corrected chi connectivity index (χ4v) is 3.70. The summed E-state index contributed by atoms with van der Waals surface area (Å²) in [5, 5.41) is 0.857. The summed E-state index contributed by atoms with van der Waals surface area (Å²) in [7, 11) is 0. The molecule has 0 bridgehead atoms. The number of esters is 1.